The smallest absolute Gasteiger partial charge is 0.194 e. The first kappa shape index (κ1) is 18.0. The Bertz CT molecular complexity index is 576. The predicted molar refractivity (Wildman–Crippen MR) is 99.6 cm³/mol. The van der Waals surface area contributed by atoms with Crippen LogP contribution in [0.5, 0.6) is 0 Å². The van der Waals surface area contributed by atoms with E-state index >= 15 is 0 Å². The van der Waals surface area contributed by atoms with Crippen LogP contribution in [0.15, 0.2) is 29.3 Å². The molecule has 6 heteroatoms. The van der Waals surface area contributed by atoms with Crippen molar-refractivity contribution in [2.75, 3.05) is 44.2 Å². The van der Waals surface area contributed by atoms with Crippen LogP contribution in [0.4, 0.5) is 10.1 Å². The molecule has 1 aliphatic heterocycles. The second-order valence-electron chi connectivity index (χ2n) is 7.05. The van der Waals surface area contributed by atoms with Gasteiger partial charge in [-0.2, -0.15) is 0 Å². The first-order chi connectivity index (χ1) is 12.1. The average Bonchev–Trinajstić information content (AvgIpc) is 3.06. The maximum Gasteiger partial charge on any atom is 0.194 e. The summed E-state index contributed by atoms with van der Waals surface area (Å²) in [5.41, 5.74) is 0.444. The second kappa shape index (κ2) is 8.04. The minimum absolute atomic E-state index is 0.200. The topological polar surface area (TPSA) is 51.1 Å². The van der Waals surface area contributed by atoms with Gasteiger partial charge in [-0.1, -0.05) is 12.8 Å². The maximum absolute atomic E-state index is 13.1. The molecule has 2 aliphatic rings. The molecule has 2 fully saturated rings. The van der Waals surface area contributed by atoms with Gasteiger partial charge in [-0.15, -0.1) is 0 Å². The fourth-order valence-corrected chi connectivity index (χ4v) is 3.67. The Morgan fingerprint density at radius 3 is 2.40 bits per heavy atom. The van der Waals surface area contributed by atoms with Crippen LogP contribution in [0.25, 0.3) is 0 Å². The van der Waals surface area contributed by atoms with Crippen molar-refractivity contribution < 1.29 is 9.50 Å². The van der Waals surface area contributed by atoms with E-state index in [9.17, 15) is 9.50 Å². The number of piperazine rings is 1. The van der Waals surface area contributed by atoms with Crippen LogP contribution in [-0.4, -0.2) is 60.8 Å². The molecule has 1 heterocycles. The van der Waals surface area contributed by atoms with E-state index in [1.165, 1.54) is 12.1 Å². The average molecular weight is 348 g/mol. The Kier molecular flexibility index (Phi) is 5.78. The number of halogens is 1. The van der Waals surface area contributed by atoms with Crippen LogP contribution in [0.1, 0.15) is 32.6 Å². The summed E-state index contributed by atoms with van der Waals surface area (Å²) in [6, 6.07) is 6.69. The minimum Gasteiger partial charge on any atom is -0.388 e. The van der Waals surface area contributed by atoms with Crippen molar-refractivity contribution in [1.82, 2.24) is 10.2 Å². The molecule has 0 aromatic heterocycles. The van der Waals surface area contributed by atoms with E-state index in [0.717, 1.165) is 70.1 Å². The summed E-state index contributed by atoms with van der Waals surface area (Å²) in [4.78, 5) is 9.23. The molecule has 1 saturated carbocycles. The van der Waals surface area contributed by atoms with Crippen LogP contribution in [0, 0.1) is 5.82 Å². The van der Waals surface area contributed by atoms with Gasteiger partial charge in [-0.3, -0.25) is 4.99 Å². The van der Waals surface area contributed by atoms with E-state index in [0.29, 0.717) is 6.54 Å². The van der Waals surface area contributed by atoms with Gasteiger partial charge >= 0.3 is 0 Å². The van der Waals surface area contributed by atoms with Crippen LogP contribution < -0.4 is 10.2 Å². The molecule has 0 bridgehead atoms. The van der Waals surface area contributed by atoms with Gasteiger partial charge in [0.25, 0.3) is 0 Å². The van der Waals surface area contributed by atoms with Crippen molar-refractivity contribution >= 4 is 11.6 Å². The van der Waals surface area contributed by atoms with Crippen LogP contribution in [0.2, 0.25) is 0 Å². The molecule has 1 aliphatic carbocycles. The third kappa shape index (κ3) is 4.63. The summed E-state index contributed by atoms with van der Waals surface area (Å²) in [7, 11) is 0. The summed E-state index contributed by atoms with van der Waals surface area (Å²) in [5.74, 6) is 0.690. The zero-order valence-corrected chi connectivity index (χ0v) is 15.0. The molecule has 1 aromatic carbocycles. The van der Waals surface area contributed by atoms with Gasteiger partial charge in [0.15, 0.2) is 5.96 Å². The van der Waals surface area contributed by atoms with Gasteiger partial charge in [-0.05, 0) is 44.0 Å². The normalized spacial score (nSPS) is 20.8. The van der Waals surface area contributed by atoms with Gasteiger partial charge < -0.3 is 20.2 Å². The highest BCUT2D eigenvalue weighted by atomic mass is 19.1. The first-order valence-corrected chi connectivity index (χ1v) is 9.36. The first-order valence-electron chi connectivity index (χ1n) is 9.36. The molecule has 3 rings (SSSR count). The minimum atomic E-state index is -0.614. The Morgan fingerprint density at radius 2 is 1.80 bits per heavy atom. The van der Waals surface area contributed by atoms with Crippen LogP contribution >= 0.6 is 0 Å². The number of hydrogen-bond donors (Lipinski definition) is 2. The maximum atomic E-state index is 13.1. The van der Waals surface area contributed by atoms with Crippen molar-refractivity contribution in [3.05, 3.63) is 30.1 Å². The largest absolute Gasteiger partial charge is 0.388 e. The number of anilines is 1. The zero-order valence-electron chi connectivity index (χ0n) is 15.0. The van der Waals surface area contributed by atoms with E-state index in [4.69, 9.17) is 4.99 Å². The molecule has 0 atom stereocenters. The fraction of sp³-hybridized carbons (Fsp3) is 0.632. The van der Waals surface area contributed by atoms with Gasteiger partial charge in [0.05, 0.1) is 12.1 Å². The highest BCUT2D eigenvalue weighted by molar-refractivity contribution is 5.80. The quantitative estimate of drug-likeness (QED) is 0.647. The van der Waals surface area contributed by atoms with Crippen molar-refractivity contribution in [2.45, 2.75) is 38.2 Å². The summed E-state index contributed by atoms with van der Waals surface area (Å²) < 4.78 is 13.1. The molecule has 2 N–H and O–H groups in total. The van der Waals surface area contributed by atoms with E-state index in [1.807, 2.05) is 12.1 Å². The number of hydrogen-bond acceptors (Lipinski definition) is 3. The third-order valence-electron chi connectivity index (χ3n) is 5.16. The molecule has 1 saturated heterocycles. The Morgan fingerprint density at radius 1 is 1.16 bits per heavy atom. The Balaban J connectivity index is 1.59. The van der Waals surface area contributed by atoms with E-state index in [-0.39, 0.29) is 5.82 Å². The molecule has 0 spiro atoms. The van der Waals surface area contributed by atoms with E-state index < -0.39 is 5.60 Å². The van der Waals surface area contributed by atoms with Gasteiger partial charge in [0, 0.05) is 38.4 Å². The van der Waals surface area contributed by atoms with Crippen molar-refractivity contribution in [1.29, 1.82) is 0 Å². The highest BCUT2D eigenvalue weighted by Crippen LogP contribution is 2.29. The van der Waals surface area contributed by atoms with Crippen LogP contribution in [0.3, 0.4) is 0 Å². The Hall–Kier alpha value is -1.82. The lowest BCUT2D eigenvalue weighted by Gasteiger charge is -2.38. The van der Waals surface area contributed by atoms with Crippen LogP contribution in [-0.2, 0) is 0 Å². The van der Waals surface area contributed by atoms with Crippen molar-refractivity contribution in [3.63, 3.8) is 0 Å². The zero-order chi connectivity index (χ0) is 17.7. The number of aliphatic imine (C=N–C) groups is 1. The lowest BCUT2D eigenvalue weighted by Crippen LogP contribution is -2.53. The number of nitrogens with one attached hydrogen (secondary N) is 1. The molecule has 25 heavy (non-hydrogen) atoms. The van der Waals surface area contributed by atoms with Crippen molar-refractivity contribution in [3.8, 4) is 0 Å². The number of rotatable bonds is 4. The van der Waals surface area contributed by atoms with E-state index in [2.05, 4.69) is 22.0 Å². The number of aliphatic hydroxyl groups is 1. The standard InChI is InChI=1S/C19H29FN4O/c1-2-21-18(22-15-19(25)9-3-4-10-19)24-13-11-23(12-14-24)17-7-5-16(20)6-8-17/h5-8,25H,2-4,9-15H2,1H3,(H,21,22). The lowest BCUT2D eigenvalue weighted by atomic mass is 10.0. The molecule has 138 valence electrons. The van der Waals surface area contributed by atoms with Crippen molar-refractivity contribution in [2.24, 2.45) is 4.99 Å². The molecule has 5 nitrogen and oxygen atoms in total. The van der Waals surface area contributed by atoms with E-state index in [1.54, 1.807) is 0 Å². The number of benzene rings is 1. The second-order valence-corrected chi connectivity index (χ2v) is 7.05. The molecule has 1 aromatic rings. The summed E-state index contributed by atoms with van der Waals surface area (Å²) in [6.45, 7) is 6.83. The number of guanidine groups is 1. The predicted octanol–water partition coefficient (Wildman–Crippen LogP) is 2.22. The molecular weight excluding hydrogens is 319 g/mol. The molecule has 0 amide bonds. The van der Waals surface area contributed by atoms with Gasteiger partial charge in [0.1, 0.15) is 5.82 Å². The Labute approximate surface area is 149 Å². The fourth-order valence-electron chi connectivity index (χ4n) is 3.67. The highest BCUT2D eigenvalue weighted by Gasteiger charge is 2.31. The summed E-state index contributed by atoms with van der Waals surface area (Å²) in [5, 5.41) is 13.9. The SMILES string of the molecule is CCNC(=NCC1(O)CCCC1)N1CCN(c2ccc(F)cc2)CC1. The molecule has 0 radical (unpaired) electrons. The number of nitrogens with zero attached hydrogens (tertiary/aromatic N) is 3. The summed E-state index contributed by atoms with van der Waals surface area (Å²) >= 11 is 0. The third-order valence-corrected chi connectivity index (χ3v) is 5.16. The van der Waals surface area contributed by atoms with Gasteiger partial charge in [-0.25, -0.2) is 4.39 Å². The molecular formula is C19H29FN4O. The molecule has 0 unspecified atom stereocenters. The monoisotopic (exact) mass is 348 g/mol. The summed E-state index contributed by atoms with van der Waals surface area (Å²) in [6.07, 6.45) is 3.90. The van der Waals surface area contributed by atoms with Gasteiger partial charge in [0.2, 0.25) is 0 Å². The lowest BCUT2D eigenvalue weighted by molar-refractivity contribution is 0.0571.